The van der Waals surface area contributed by atoms with E-state index in [0.29, 0.717) is 0 Å². The molecule has 0 saturated carbocycles. The minimum atomic E-state index is 0.874. The second-order valence-corrected chi connectivity index (χ2v) is 4.08. The Morgan fingerprint density at radius 1 is 0.773 bits per heavy atom. The molecule has 0 amide bonds. The smallest absolute Gasteiger partial charge is 0.0221 e. The van der Waals surface area contributed by atoms with E-state index in [1.807, 2.05) is 53.0 Å². The first kappa shape index (κ1) is 19.9. The predicted molar refractivity (Wildman–Crippen MR) is 102 cm³/mol. The first-order chi connectivity index (χ1) is 10.9. The average molecular weight is 295 g/mol. The average Bonchev–Trinajstić information content (AvgIpc) is 2.63. The van der Waals surface area contributed by atoms with Crippen LogP contribution in [0.25, 0.3) is 11.1 Å². The van der Waals surface area contributed by atoms with Gasteiger partial charge in [0.25, 0.3) is 0 Å². The summed E-state index contributed by atoms with van der Waals surface area (Å²) in [5, 5.41) is 0. The Labute approximate surface area is 136 Å². The van der Waals surface area contributed by atoms with Crippen LogP contribution in [0.5, 0.6) is 0 Å². The molecule has 1 heteroatoms. The number of rotatable bonds is 4. The van der Waals surface area contributed by atoms with E-state index in [0.717, 1.165) is 6.42 Å². The lowest BCUT2D eigenvalue weighted by molar-refractivity contribution is 1.34. The van der Waals surface area contributed by atoms with E-state index in [4.69, 9.17) is 0 Å². The van der Waals surface area contributed by atoms with Gasteiger partial charge in [-0.15, -0.1) is 0 Å². The molecule has 2 rings (SSSR count). The fourth-order valence-electron chi connectivity index (χ4n) is 1.77. The first-order valence-corrected chi connectivity index (χ1v) is 8.17. The van der Waals surface area contributed by atoms with Gasteiger partial charge in [0.15, 0.2) is 0 Å². The Hall–Kier alpha value is -2.15. The van der Waals surface area contributed by atoms with Crippen molar-refractivity contribution in [3.05, 3.63) is 72.4 Å². The fraction of sp³-hybridized carbons (Fsp3) is 0.286. The molecule has 2 aromatic carbocycles. The Bertz CT molecular complexity index is 522. The summed E-state index contributed by atoms with van der Waals surface area (Å²) in [6.07, 6.45) is 6.53. The van der Waals surface area contributed by atoms with Crippen LogP contribution in [0.15, 0.2) is 71.9 Å². The maximum atomic E-state index is 4.16. The topological polar surface area (TPSA) is 12.4 Å². The summed E-state index contributed by atoms with van der Waals surface area (Å²) >= 11 is 0. The lowest BCUT2D eigenvalue weighted by atomic mass is 10.0. The standard InChI is InChI=1S/C17H17N.2C2H6/c1-2-13-18-14-12-15-8-10-17(11-9-15)16-6-4-3-5-7-16;2*1-2/h2-11,13-14H,12H2,1H3;2*1-2H3/b13-2-,18-14?;;. The summed E-state index contributed by atoms with van der Waals surface area (Å²) in [7, 11) is 0. The molecule has 0 radical (unpaired) electrons. The molecule has 118 valence electrons. The maximum Gasteiger partial charge on any atom is 0.0221 e. The lowest BCUT2D eigenvalue weighted by Crippen LogP contribution is -1.85. The van der Waals surface area contributed by atoms with Crippen molar-refractivity contribution in [2.75, 3.05) is 0 Å². The largest absolute Gasteiger partial charge is 0.269 e. The van der Waals surface area contributed by atoms with Crippen LogP contribution in [0.2, 0.25) is 0 Å². The fourth-order valence-corrected chi connectivity index (χ4v) is 1.77. The first-order valence-electron chi connectivity index (χ1n) is 8.17. The Balaban J connectivity index is 0.00000102. The minimum absolute atomic E-state index is 0.874. The zero-order chi connectivity index (χ0) is 16.6. The Kier molecular flexibility index (Phi) is 12.5. The molecule has 0 unspecified atom stereocenters. The van der Waals surface area contributed by atoms with Crippen molar-refractivity contribution in [2.24, 2.45) is 4.99 Å². The van der Waals surface area contributed by atoms with E-state index in [1.54, 1.807) is 6.20 Å². The van der Waals surface area contributed by atoms with Crippen molar-refractivity contribution in [3.8, 4) is 11.1 Å². The van der Waals surface area contributed by atoms with E-state index in [1.165, 1.54) is 16.7 Å². The second kappa shape index (κ2) is 13.8. The Morgan fingerprint density at radius 3 is 1.86 bits per heavy atom. The molecule has 0 fully saturated rings. The number of hydrogen-bond acceptors (Lipinski definition) is 1. The molecule has 0 aromatic heterocycles. The zero-order valence-corrected chi connectivity index (χ0v) is 14.6. The van der Waals surface area contributed by atoms with Crippen LogP contribution in [0, 0.1) is 0 Å². The van der Waals surface area contributed by atoms with E-state index in [-0.39, 0.29) is 0 Å². The van der Waals surface area contributed by atoms with Gasteiger partial charge in [-0.05, 0) is 23.6 Å². The van der Waals surface area contributed by atoms with Gasteiger partial charge in [-0.3, -0.25) is 4.99 Å². The SMILES string of the molecule is C/C=C\N=CCc1ccc(-c2ccccc2)cc1.CC.CC. The van der Waals surface area contributed by atoms with Crippen LogP contribution in [-0.2, 0) is 6.42 Å². The summed E-state index contributed by atoms with van der Waals surface area (Å²) < 4.78 is 0. The number of aliphatic imine (C=N–C) groups is 1. The third-order valence-electron chi connectivity index (χ3n) is 2.73. The molecular formula is C21H29N. The summed E-state index contributed by atoms with van der Waals surface area (Å²) in [5.74, 6) is 0. The zero-order valence-electron chi connectivity index (χ0n) is 14.6. The summed E-state index contributed by atoms with van der Waals surface area (Å²) in [4.78, 5) is 4.16. The summed E-state index contributed by atoms with van der Waals surface area (Å²) in [5.41, 5.74) is 3.79. The lowest BCUT2D eigenvalue weighted by Gasteiger charge is -2.02. The monoisotopic (exact) mass is 295 g/mol. The highest BCUT2D eigenvalue weighted by atomic mass is 14.7. The second-order valence-electron chi connectivity index (χ2n) is 4.08. The molecule has 22 heavy (non-hydrogen) atoms. The third kappa shape index (κ3) is 7.58. The molecule has 2 aromatic rings. The van der Waals surface area contributed by atoms with Crippen LogP contribution in [0.3, 0.4) is 0 Å². The predicted octanol–water partition coefficient (Wildman–Crippen LogP) is 6.55. The van der Waals surface area contributed by atoms with Gasteiger partial charge in [0, 0.05) is 18.8 Å². The van der Waals surface area contributed by atoms with Crippen LogP contribution in [0.1, 0.15) is 40.2 Å². The van der Waals surface area contributed by atoms with Gasteiger partial charge < -0.3 is 0 Å². The van der Waals surface area contributed by atoms with Gasteiger partial charge in [0.2, 0.25) is 0 Å². The third-order valence-corrected chi connectivity index (χ3v) is 2.73. The molecule has 0 saturated heterocycles. The van der Waals surface area contributed by atoms with Crippen molar-refractivity contribution in [2.45, 2.75) is 41.0 Å². The van der Waals surface area contributed by atoms with Crippen molar-refractivity contribution in [1.82, 2.24) is 0 Å². The van der Waals surface area contributed by atoms with Crippen molar-refractivity contribution in [1.29, 1.82) is 0 Å². The molecule has 1 nitrogen and oxygen atoms in total. The molecule has 0 heterocycles. The van der Waals surface area contributed by atoms with Gasteiger partial charge in [-0.2, -0.15) is 0 Å². The van der Waals surface area contributed by atoms with Gasteiger partial charge in [-0.25, -0.2) is 0 Å². The van der Waals surface area contributed by atoms with E-state index < -0.39 is 0 Å². The number of hydrogen-bond donors (Lipinski definition) is 0. The van der Waals surface area contributed by atoms with Crippen molar-refractivity contribution >= 4 is 6.21 Å². The van der Waals surface area contributed by atoms with Crippen LogP contribution in [-0.4, -0.2) is 6.21 Å². The molecule has 0 bridgehead atoms. The number of allylic oxidation sites excluding steroid dienone is 1. The minimum Gasteiger partial charge on any atom is -0.269 e. The highest BCUT2D eigenvalue weighted by Crippen LogP contribution is 2.19. The highest BCUT2D eigenvalue weighted by Gasteiger charge is 1.96. The van der Waals surface area contributed by atoms with Gasteiger partial charge in [0.05, 0.1) is 0 Å². The quantitative estimate of drug-likeness (QED) is 0.567. The van der Waals surface area contributed by atoms with Crippen LogP contribution < -0.4 is 0 Å². The molecule has 0 atom stereocenters. The number of benzene rings is 2. The number of nitrogens with zero attached hydrogens (tertiary/aromatic N) is 1. The molecule has 0 aliphatic rings. The van der Waals surface area contributed by atoms with Gasteiger partial charge >= 0.3 is 0 Å². The molecule has 0 N–H and O–H groups in total. The Morgan fingerprint density at radius 2 is 1.32 bits per heavy atom. The summed E-state index contributed by atoms with van der Waals surface area (Å²) in [6.45, 7) is 9.96. The van der Waals surface area contributed by atoms with Gasteiger partial charge in [0.1, 0.15) is 0 Å². The van der Waals surface area contributed by atoms with E-state index >= 15 is 0 Å². The summed E-state index contributed by atoms with van der Waals surface area (Å²) in [6, 6.07) is 19.1. The molecular weight excluding hydrogens is 266 g/mol. The normalized spacial score (nSPS) is 9.86. The van der Waals surface area contributed by atoms with Crippen molar-refractivity contribution < 1.29 is 0 Å². The van der Waals surface area contributed by atoms with Crippen molar-refractivity contribution in [3.63, 3.8) is 0 Å². The van der Waals surface area contributed by atoms with Crippen LogP contribution >= 0.6 is 0 Å². The molecule has 0 spiro atoms. The maximum absolute atomic E-state index is 4.16. The van der Waals surface area contributed by atoms with E-state index in [9.17, 15) is 0 Å². The van der Waals surface area contributed by atoms with Gasteiger partial charge in [-0.1, -0.05) is 88.4 Å². The highest BCUT2D eigenvalue weighted by molar-refractivity contribution is 5.66. The molecule has 0 aliphatic heterocycles. The van der Waals surface area contributed by atoms with Crippen LogP contribution in [0.4, 0.5) is 0 Å². The van der Waals surface area contributed by atoms with E-state index in [2.05, 4.69) is 53.5 Å². The molecule has 0 aliphatic carbocycles.